The minimum Gasteiger partial charge on any atom is -0.455 e. The second kappa shape index (κ2) is 15.3. The summed E-state index contributed by atoms with van der Waals surface area (Å²) in [6.45, 7) is 4.57. The number of amides is 3. The number of unbranched alkanes of at least 4 members (excludes halogenated alkanes) is 2. The molecule has 2 fully saturated rings. The summed E-state index contributed by atoms with van der Waals surface area (Å²) in [5.74, 6) is -3.61. The van der Waals surface area contributed by atoms with Gasteiger partial charge in [-0.15, -0.1) is 0 Å². The van der Waals surface area contributed by atoms with Gasteiger partial charge in [0.2, 0.25) is 11.8 Å². The van der Waals surface area contributed by atoms with Gasteiger partial charge in [0.1, 0.15) is 23.7 Å². The SMILES string of the molecule is COC[C@@H]1NC(=O)CC/C=C\[C@@H]2O[C@@]34C=CCN(c5c(C)cccc5C)C(=O)[C@@H]3N(CCCCCO)C(=O)[C@H]4[C@@H]2C(=O)O[C@H]1c1ccccc1. The quantitative estimate of drug-likeness (QED) is 0.232. The van der Waals surface area contributed by atoms with Crippen molar-refractivity contribution in [2.24, 2.45) is 11.8 Å². The number of hydrogen-bond acceptors (Lipinski definition) is 8. The summed E-state index contributed by atoms with van der Waals surface area (Å²) in [4.78, 5) is 60.6. The second-order valence-corrected chi connectivity index (χ2v) is 13.6. The Kier molecular flexibility index (Phi) is 10.9. The number of allylic oxidation sites excluding steroid dienone is 1. The van der Waals surface area contributed by atoms with Crippen LogP contribution in [0.5, 0.6) is 0 Å². The van der Waals surface area contributed by atoms with E-state index in [0.29, 0.717) is 31.2 Å². The number of aliphatic hydroxyl groups is 1. The third-order valence-electron chi connectivity index (χ3n) is 10.3. The molecule has 2 saturated heterocycles. The number of ether oxygens (including phenoxy) is 3. The summed E-state index contributed by atoms with van der Waals surface area (Å²) in [5, 5.41) is 12.4. The van der Waals surface area contributed by atoms with Crippen molar-refractivity contribution >= 4 is 29.4 Å². The minimum absolute atomic E-state index is 0.0318. The van der Waals surface area contributed by atoms with Crippen LogP contribution in [0.2, 0.25) is 0 Å². The summed E-state index contributed by atoms with van der Waals surface area (Å²) >= 11 is 0. The molecule has 0 aliphatic carbocycles. The topological polar surface area (TPSA) is 135 Å². The maximum absolute atomic E-state index is 14.9. The number of cyclic esters (lactones) is 1. The summed E-state index contributed by atoms with van der Waals surface area (Å²) in [7, 11) is 1.52. The van der Waals surface area contributed by atoms with Crippen LogP contribution >= 0.6 is 0 Å². The normalized spacial score (nSPS) is 30.4. The number of anilines is 1. The third-order valence-corrected chi connectivity index (χ3v) is 10.3. The van der Waals surface area contributed by atoms with Gasteiger partial charge in [0, 0.05) is 38.9 Å². The molecule has 4 heterocycles. The Balaban J connectivity index is 1.44. The summed E-state index contributed by atoms with van der Waals surface area (Å²) in [6, 6.07) is 13.3. The van der Waals surface area contributed by atoms with Crippen molar-refractivity contribution in [3.05, 3.63) is 89.5 Å². The Hall–Kier alpha value is -4.32. The molecule has 0 saturated carbocycles. The monoisotopic (exact) mass is 685 g/mol. The van der Waals surface area contributed by atoms with E-state index < -0.39 is 47.7 Å². The molecule has 1 spiro atoms. The van der Waals surface area contributed by atoms with Crippen LogP contribution in [0.3, 0.4) is 0 Å². The number of nitrogens with one attached hydrogen (secondary N) is 1. The summed E-state index contributed by atoms with van der Waals surface area (Å²) in [5.41, 5.74) is 1.86. The standard InChI is InChI=1S/C39H47N3O8/c1-25-14-12-15-26(2)33(25)41-22-13-20-39-32(36(45)42(35(39)37(41)46)21-10-5-11-23-43)31-29(50-39)18-8-9-19-30(44)40-28(24-48-3)34(49-38(31)47)27-16-6-4-7-17-27/h4,6-8,12-18,20,28-29,31-32,34-35,43H,5,9-11,19,21-24H2,1-3H3,(H,40,44)/b18-8-/t28-,29-,31+,32+,34-,35-,39+/m0/s1. The Morgan fingerprint density at radius 3 is 2.44 bits per heavy atom. The molecule has 2 aromatic rings. The van der Waals surface area contributed by atoms with Crippen molar-refractivity contribution < 1.29 is 38.5 Å². The Morgan fingerprint density at radius 1 is 0.960 bits per heavy atom. The van der Waals surface area contributed by atoms with Crippen LogP contribution in [0.1, 0.15) is 54.9 Å². The van der Waals surface area contributed by atoms with Gasteiger partial charge < -0.3 is 34.4 Å². The predicted octanol–water partition coefficient (Wildman–Crippen LogP) is 3.72. The third kappa shape index (κ3) is 6.61. The van der Waals surface area contributed by atoms with E-state index in [0.717, 1.165) is 16.8 Å². The molecule has 3 amide bonds. The average Bonchev–Trinajstić information content (AvgIpc) is 3.48. The van der Waals surface area contributed by atoms with Gasteiger partial charge in [0.15, 0.2) is 0 Å². The molecule has 266 valence electrons. The van der Waals surface area contributed by atoms with Gasteiger partial charge in [-0.25, -0.2) is 0 Å². The highest BCUT2D eigenvalue weighted by atomic mass is 16.6. The van der Waals surface area contributed by atoms with Crippen LogP contribution in [0, 0.1) is 25.7 Å². The lowest BCUT2D eigenvalue weighted by molar-refractivity contribution is -0.162. The number of para-hydroxylation sites is 1. The van der Waals surface area contributed by atoms with Crippen LogP contribution in [-0.4, -0.2) is 90.9 Å². The maximum atomic E-state index is 14.9. The lowest BCUT2D eigenvalue weighted by atomic mass is 9.77. The van der Waals surface area contributed by atoms with E-state index >= 15 is 0 Å². The zero-order chi connectivity index (χ0) is 35.4. The first-order valence-electron chi connectivity index (χ1n) is 17.6. The van der Waals surface area contributed by atoms with E-state index in [2.05, 4.69) is 5.32 Å². The number of fused-ring (bicyclic) bond motifs is 2. The molecule has 11 heteroatoms. The Labute approximate surface area is 293 Å². The van der Waals surface area contributed by atoms with Crippen molar-refractivity contribution in [1.82, 2.24) is 10.2 Å². The first-order chi connectivity index (χ1) is 24.2. The molecule has 4 aliphatic rings. The first kappa shape index (κ1) is 35.5. The molecule has 2 N–H and O–H groups in total. The van der Waals surface area contributed by atoms with Crippen LogP contribution in [0.4, 0.5) is 5.69 Å². The van der Waals surface area contributed by atoms with E-state index in [-0.39, 0.29) is 50.4 Å². The molecule has 2 aromatic carbocycles. The van der Waals surface area contributed by atoms with E-state index in [1.165, 1.54) is 7.11 Å². The highest BCUT2D eigenvalue weighted by Gasteiger charge is 2.72. The van der Waals surface area contributed by atoms with Gasteiger partial charge in [-0.3, -0.25) is 19.2 Å². The molecule has 0 bridgehead atoms. The number of likely N-dealkylation sites (tertiary alicyclic amines) is 1. The largest absolute Gasteiger partial charge is 0.455 e. The molecule has 7 atom stereocenters. The van der Waals surface area contributed by atoms with Gasteiger partial charge in [0.25, 0.3) is 5.91 Å². The van der Waals surface area contributed by atoms with Crippen molar-refractivity contribution in [2.75, 3.05) is 38.3 Å². The zero-order valence-corrected chi connectivity index (χ0v) is 29.0. The van der Waals surface area contributed by atoms with Crippen LogP contribution in [0.25, 0.3) is 0 Å². The highest BCUT2D eigenvalue weighted by Crippen LogP contribution is 2.53. The van der Waals surface area contributed by atoms with E-state index in [4.69, 9.17) is 14.2 Å². The lowest BCUT2D eigenvalue weighted by Gasteiger charge is -2.36. The minimum atomic E-state index is -1.45. The van der Waals surface area contributed by atoms with Gasteiger partial charge in [-0.05, 0) is 56.2 Å². The van der Waals surface area contributed by atoms with Gasteiger partial charge in [0.05, 0.1) is 24.7 Å². The van der Waals surface area contributed by atoms with Crippen molar-refractivity contribution in [2.45, 2.75) is 75.8 Å². The lowest BCUT2D eigenvalue weighted by Crippen LogP contribution is -2.55. The number of aliphatic hydroxyl groups excluding tert-OH is 1. The average molecular weight is 686 g/mol. The molecule has 0 unspecified atom stereocenters. The van der Waals surface area contributed by atoms with Gasteiger partial charge in [-0.2, -0.15) is 0 Å². The molecule has 4 aliphatic heterocycles. The predicted molar refractivity (Wildman–Crippen MR) is 186 cm³/mol. The highest BCUT2D eigenvalue weighted by molar-refractivity contribution is 6.06. The fourth-order valence-corrected chi connectivity index (χ4v) is 8.13. The smallest absolute Gasteiger partial charge is 0.313 e. The van der Waals surface area contributed by atoms with E-state index in [1.54, 1.807) is 22.0 Å². The molecule has 6 rings (SSSR count). The molecule has 50 heavy (non-hydrogen) atoms. The summed E-state index contributed by atoms with van der Waals surface area (Å²) in [6.07, 6.45) is 7.78. The van der Waals surface area contributed by atoms with E-state index in [1.807, 2.05) is 74.5 Å². The van der Waals surface area contributed by atoms with Gasteiger partial charge in [-0.1, -0.05) is 72.8 Å². The van der Waals surface area contributed by atoms with Crippen molar-refractivity contribution in [1.29, 1.82) is 0 Å². The maximum Gasteiger partial charge on any atom is 0.313 e. The number of nitrogens with zero attached hydrogens (tertiary/aromatic N) is 2. The number of hydrogen-bond donors (Lipinski definition) is 2. The number of esters is 1. The molecule has 11 nitrogen and oxygen atoms in total. The number of rotatable bonds is 9. The van der Waals surface area contributed by atoms with Crippen LogP contribution in [0.15, 0.2) is 72.8 Å². The fourth-order valence-electron chi connectivity index (χ4n) is 8.13. The van der Waals surface area contributed by atoms with Crippen LogP contribution in [-0.2, 0) is 33.4 Å². The number of benzene rings is 2. The number of methoxy groups -OCH3 is 1. The van der Waals surface area contributed by atoms with Crippen molar-refractivity contribution in [3.63, 3.8) is 0 Å². The van der Waals surface area contributed by atoms with Crippen LogP contribution < -0.4 is 10.2 Å². The molecular formula is C39H47N3O8. The molecule has 0 radical (unpaired) electrons. The second-order valence-electron chi connectivity index (χ2n) is 13.6. The number of aryl methyl sites for hydroxylation is 2. The first-order valence-corrected chi connectivity index (χ1v) is 17.6. The molecule has 0 aromatic heterocycles. The Morgan fingerprint density at radius 2 is 1.72 bits per heavy atom. The number of carbonyl (C=O) groups is 4. The zero-order valence-electron chi connectivity index (χ0n) is 29.0. The van der Waals surface area contributed by atoms with E-state index in [9.17, 15) is 24.3 Å². The number of carbonyl (C=O) groups excluding carboxylic acids is 4. The summed E-state index contributed by atoms with van der Waals surface area (Å²) < 4.78 is 18.7. The van der Waals surface area contributed by atoms with Crippen molar-refractivity contribution in [3.8, 4) is 0 Å². The fraction of sp³-hybridized carbons (Fsp3) is 0.487. The molecular weight excluding hydrogens is 638 g/mol. The Bertz CT molecular complexity index is 1620. The van der Waals surface area contributed by atoms with Gasteiger partial charge >= 0.3 is 5.97 Å².